The lowest BCUT2D eigenvalue weighted by Crippen LogP contribution is -2.41. The van der Waals surface area contributed by atoms with Crippen molar-refractivity contribution < 1.29 is 4.79 Å². The van der Waals surface area contributed by atoms with Crippen molar-refractivity contribution in [1.82, 2.24) is 14.5 Å². The van der Waals surface area contributed by atoms with Gasteiger partial charge in [0.15, 0.2) is 0 Å². The van der Waals surface area contributed by atoms with Crippen molar-refractivity contribution in [1.29, 1.82) is 0 Å². The number of benzene rings is 4. The summed E-state index contributed by atoms with van der Waals surface area (Å²) < 4.78 is 1.65. The SMILES string of the molecule is CCC(C(=O)N(CCc1ccccc1)C(C)c1nc2cc(Cl)ccc2c(=O)n1-c1ccc(C)cc1)c1ccccc1. The maximum absolute atomic E-state index is 14.4. The summed E-state index contributed by atoms with van der Waals surface area (Å²) >= 11 is 6.32. The number of halogens is 1. The van der Waals surface area contributed by atoms with Gasteiger partial charge in [-0.1, -0.05) is 96.9 Å². The number of nitrogens with zero attached hydrogens (tertiary/aromatic N) is 3. The molecule has 4 aromatic carbocycles. The van der Waals surface area contributed by atoms with Crippen LogP contribution in [0.25, 0.3) is 16.6 Å². The van der Waals surface area contributed by atoms with Crippen LogP contribution in [-0.2, 0) is 11.2 Å². The lowest BCUT2D eigenvalue weighted by atomic mass is 9.94. The van der Waals surface area contributed by atoms with Gasteiger partial charge in [0.05, 0.1) is 28.6 Å². The van der Waals surface area contributed by atoms with E-state index in [0.29, 0.717) is 46.8 Å². The van der Waals surface area contributed by atoms with Gasteiger partial charge in [-0.15, -0.1) is 0 Å². The van der Waals surface area contributed by atoms with Crippen LogP contribution in [0.1, 0.15) is 54.7 Å². The second-order valence-electron chi connectivity index (χ2n) is 10.4. The maximum atomic E-state index is 14.4. The van der Waals surface area contributed by atoms with Crippen LogP contribution in [0.15, 0.2) is 108 Å². The van der Waals surface area contributed by atoms with Gasteiger partial charge in [0.25, 0.3) is 5.56 Å². The number of carbonyl (C=O) groups excluding carboxylic acids is 1. The quantitative estimate of drug-likeness (QED) is 0.185. The molecule has 0 bridgehead atoms. The summed E-state index contributed by atoms with van der Waals surface area (Å²) in [7, 11) is 0. The lowest BCUT2D eigenvalue weighted by molar-refractivity contribution is -0.135. The highest BCUT2D eigenvalue weighted by atomic mass is 35.5. The third kappa shape index (κ3) is 6.10. The molecule has 0 N–H and O–H groups in total. The van der Waals surface area contributed by atoms with Gasteiger partial charge in [0, 0.05) is 11.6 Å². The molecule has 0 aliphatic rings. The first-order valence-electron chi connectivity index (χ1n) is 14.1. The van der Waals surface area contributed by atoms with Gasteiger partial charge >= 0.3 is 0 Å². The summed E-state index contributed by atoms with van der Waals surface area (Å²) in [5.74, 6) is 0.194. The first kappa shape index (κ1) is 28.3. The Kier molecular flexibility index (Phi) is 8.65. The molecule has 1 aromatic heterocycles. The number of aromatic nitrogens is 2. The first-order valence-corrected chi connectivity index (χ1v) is 14.4. The first-order chi connectivity index (χ1) is 19.9. The Bertz CT molecular complexity index is 1700. The predicted molar refractivity (Wildman–Crippen MR) is 167 cm³/mol. The van der Waals surface area contributed by atoms with E-state index in [-0.39, 0.29) is 17.4 Å². The molecular formula is C35H34ClN3O2. The molecule has 208 valence electrons. The predicted octanol–water partition coefficient (Wildman–Crippen LogP) is 7.67. The summed E-state index contributed by atoms with van der Waals surface area (Å²) in [4.78, 5) is 35.3. The average Bonchev–Trinajstić information content (AvgIpc) is 2.99. The van der Waals surface area contributed by atoms with Gasteiger partial charge in [-0.3, -0.25) is 14.2 Å². The number of rotatable bonds is 9. The van der Waals surface area contributed by atoms with Crippen molar-refractivity contribution in [2.45, 2.75) is 45.6 Å². The number of hydrogen-bond acceptors (Lipinski definition) is 3. The van der Waals surface area contributed by atoms with Crippen molar-refractivity contribution in [3.8, 4) is 5.69 Å². The van der Waals surface area contributed by atoms with Crippen LogP contribution in [0.4, 0.5) is 0 Å². The number of hydrogen-bond donors (Lipinski definition) is 0. The minimum absolute atomic E-state index is 0.0121. The number of aryl methyl sites for hydroxylation is 1. The summed E-state index contributed by atoms with van der Waals surface area (Å²) in [6.07, 6.45) is 1.33. The van der Waals surface area contributed by atoms with E-state index in [9.17, 15) is 9.59 Å². The monoisotopic (exact) mass is 563 g/mol. The molecule has 0 saturated carbocycles. The Hall–Kier alpha value is -4.22. The topological polar surface area (TPSA) is 55.2 Å². The fourth-order valence-corrected chi connectivity index (χ4v) is 5.53. The Labute approximate surface area is 246 Å². The highest BCUT2D eigenvalue weighted by molar-refractivity contribution is 6.31. The second kappa shape index (κ2) is 12.5. The second-order valence-corrected chi connectivity index (χ2v) is 10.9. The Balaban J connectivity index is 1.66. The zero-order valence-electron chi connectivity index (χ0n) is 23.6. The van der Waals surface area contributed by atoms with E-state index in [1.165, 1.54) is 0 Å². The molecule has 0 saturated heterocycles. The molecule has 0 fully saturated rings. The molecule has 2 unspecified atom stereocenters. The van der Waals surface area contributed by atoms with Crippen LogP contribution < -0.4 is 5.56 Å². The maximum Gasteiger partial charge on any atom is 0.266 e. The van der Waals surface area contributed by atoms with Crippen molar-refractivity contribution in [2.75, 3.05) is 6.54 Å². The van der Waals surface area contributed by atoms with Crippen LogP contribution in [0.5, 0.6) is 0 Å². The Morgan fingerprint density at radius 3 is 2.24 bits per heavy atom. The van der Waals surface area contributed by atoms with E-state index in [2.05, 4.69) is 12.1 Å². The smallest absolute Gasteiger partial charge is 0.266 e. The molecule has 1 heterocycles. The highest BCUT2D eigenvalue weighted by Gasteiger charge is 2.31. The fourth-order valence-electron chi connectivity index (χ4n) is 5.37. The molecule has 0 aliphatic heterocycles. The van der Waals surface area contributed by atoms with E-state index in [1.807, 2.05) is 98.5 Å². The van der Waals surface area contributed by atoms with Gasteiger partial charge in [-0.25, -0.2) is 4.98 Å². The summed E-state index contributed by atoms with van der Waals surface area (Å²) in [5, 5.41) is 0.979. The summed E-state index contributed by atoms with van der Waals surface area (Å²) in [6.45, 7) is 6.48. The Morgan fingerprint density at radius 1 is 0.927 bits per heavy atom. The lowest BCUT2D eigenvalue weighted by Gasteiger charge is -2.33. The minimum Gasteiger partial charge on any atom is -0.332 e. The summed E-state index contributed by atoms with van der Waals surface area (Å²) in [6, 6.07) is 32.5. The number of fused-ring (bicyclic) bond motifs is 1. The molecule has 2 atom stereocenters. The molecule has 6 heteroatoms. The molecule has 0 aliphatic carbocycles. The van der Waals surface area contributed by atoms with Gasteiger partial charge in [-0.05, 0) is 68.1 Å². The van der Waals surface area contributed by atoms with E-state index in [0.717, 1.165) is 16.7 Å². The molecular weight excluding hydrogens is 530 g/mol. The molecule has 5 rings (SSSR count). The molecule has 1 amide bonds. The molecule has 41 heavy (non-hydrogen) atoms. The van der Waals surface area contributed by atoms with E-state index < -0.39 is 6.04 Å². The van der Waals surface area contributed by atoms with Gasteiger partial charge in [0.1, 0.15) is 5.82 Å². The van der Waals surface area contributed by atoms with E-state index in [4.69, 9.17) is 16.6 Å². The van der Waals surface area contributed by atoms with Gasteiger partial charge in [-0.2, -0.15) is 0 Å². The number of carbonyl (C=O) groups is 1. The largest absolute Gasteiger partial charge is 0.332 e. The van der Waals surface area contributed by atoms with Crippen molar-refractivity contribution in [3.05, 3.63) is 141 Å². The Morgan fingerprint density at radius 2 is 1.59 bits per heavy atom. The summed E-state index contributed by atoms with van der Waals surface area (Å²) in [5.41, 5.74) is 4.23. The van der Waals surface area contributed by atoms with Crippen LogP contribution in [0.2, 0.25) is 5.02 Å². The molecule has 5 nitrogen and oxygen atoms in total. The zero-order chi connectivity index (χ0) is 28.9. The van der Waals surface area contributed by atoms with Crippen molar-refractivity contribution in [2.24, 2.45) is 0 Å². The normalized spacial score (nSPS) is 12.7. The van der Waals surface area contributed by atoms with E-state index >= 15 is 0 Å². The third-order valence-electron chi connectivity index (χ3n) is 7.67. The van der Waals surface area contributed by atoms with Crippen molar-refractivity contribution >= 4 is 28.4 Å². The molecule has 0 spiro atoms. The number of amides is 1. The standard InChI is InChI=1S/C35H34ClN3O2/c1-4-30(27-13-9-6-10-14-27)34(40)38(22-21-26-11-7-5-8-12-26)25(3)33-37-32-23-28(36)17-20-31(32)35(41)39(33)29-18-15-24(2)16-19-29/h5-20,23,25,30H,4,21-22H2,1-3H3. The van der Waals surface area contributed by atoms with Gasteiger partial charge < -0.3 is 4.90 Å². The average molecular weight is 564 g/mol. The van der Waals surface area contributed by atoms with Crippen LogP contribution >= 0.6 is 11.6 Å². The van der Waals surface area contributed by atoms with E-state index in [1.54, 1.807) is 22.8 Å². The fraction of sp³-hybridized carbons (Fsp3) is 0.229. The van der Waals surface area contributed by atoms with Crippen LogP contribution in [0, 0.1) is 6.92 Å². The van der Waals surface area contributed by atoms with Crippen molar-refractivity contribution in [3.63, 3.8) is 0 Å². The minimum atomic E-state index is -0.499. The van der Waals surface area contributed by atoms with Crippen LogP contribution in [0.3, 0.4) is 0 Å². The zero-order valence-corrected chi connectivity index (χ0v) is 24.4. The van der Waals surface area contributed by atoms with Gasteiger partial charge in [0.2, 0.25) is 5.91 Å². The molecule has 0 radical (unpaired) electrons. The highest BCUT2D eigenvalue weighted by Crippen LogP contribution is 2.30. The third-order valence-corrected chi connectivity index (χ3v) is 7.90. The van der Waals surface area contributed by atoms with Crippen LogP contribution in [-0.4, -0.2) is 26.9 Å². The molecule has 5 aromatic rings.